The van der Waals surface area contributed by atoms with Crippen LogP contribution in [0.2, 0.25) is 0 Å². The van der Waals surface area contributed by atoms with Crippen molar-refractivity contribution in [2.45, 2.75) is 48.3 Å². The van der Waals surface area contributed by atoms with Crippen LogP contribution in [0.1, 0.15) is 48.5 Å². The highest BCUT2D eigenvalue weighted by Gasteiger charge is 2.30. The average molecular weight is 484 g/mol. The molecule has 1 aliphatic carbocycles. The molecule has 5 rings (SSSR count). The van der Waals surface area contributed by atoms with Gasteiger partial charge in [0.25, 0.3) is 0 Å². The molecular formula is C24H26FN5O3S. The molecule has 2 amide bonds. The van der Waals surface area contributed by atoms with Gasteiger partial charge in [-0.05, 0) is 62.3 Å². The molecule has 1 unspecified atom stereocenters. The molecule has 2 aliphatic rings. The summed E-state index contributed by atoms with van der Waals surface area (Å²) in [5.41, 5.74) is 6.13. The summed E-state index contributed by atoms with van der Waals surface area (Å²) < 4.78 is 21.7. The highest BCUT2D eigenvalue weighted by atomic mass is 32.2. The van der Waals surface area contributed by atoms with Crippen LogP contribution in [0.25, 0.3) is 10.9 Å². The van der Waals surface area contributed by atoms with Crippen LogP contribution in [0.3, 0.4) is 0 Å². The molecule has 3 aromatic rings. The number of aromatic nitrogens is 3. The van der Waals surface area contributed by atoms with Crippen LogP contribution in [0.15, 0.2) is 41.6 Å². The minimum atomic E-state index is -0.654. The predicted molar refractivity (Wildman–Crippen MR) is 127 cm³/mol. The standard InChI is InChI=1S/C24H26FN5O3S/c25-16-10-19-18(21(11-16)34-17-2-3-17)13-28-30(19)20(9-14-5-7-33-8-6-14)24(32)29-22-4-1-15(12-27-22)23(26)31/h1,4,10-14,17,20H,2-3,5-9H2,(H2,26,31)(H,27,29,32). The van der Waals surface area contributed by atoms with Gasteiger partial charge < -0.3 is 15.8 Å². The van der Waals surface area contributed by atoms with Gasteiger partial charge in [0.1, 0.15) is 17.7 Å². The number of halogens is 1. The maximum Gasteiger partial charge on any atom is 0.250 e. The van der Waals surface area contributed by atoms with E-state index in [-0.39, 0.29) is 23.2 Å². The Hall–Kier alpha value is -2.98. The number of anilines is 1. The fourth-order valence-electron chi connectivity index (χ4n) is 4.23. The van der Waals surface area contributed by atoms with Gasteiger partial charge in [-0.3, -0.25) is 14.3 Å². The summed E-state index contributed by atoms with van der Waals surface area (Å²) >= 11 is 1.67. The first kappa shape index (κ1) is 22.8. The van der Waals surface area contributed by atoms with Gasteiger partial charge in [0.05, 0.1) is 17.3 Å². The van der Waals surface area contributed by atoms with Crippen LogP contribution in [0, 0.1) is 11.7 Å². The molecule has 34 heavy (non-hydrogen) atoms. The third-order valence-corrected chi connectivity index (χ3v) is 7.65. The summed E-state index contributed by atoms with van der Waals surface area (Å²) in [5, 5.41) is 8.75. The van der Waals surface area contributed by atoms with Crippen LogP contribution in [0.4, 0.5) is 10.2 Å². The third-order valence-electron chi connectivity index (χ3n) is 6.26. The lowest BCUT2D eigenvalue weighted by Crippen LogP contribution is -2.30. The van der Waals surface area contributed by atoms with Crippen LogP contribution in [-0.4, -0.2) is 45.0 Å². The topological polar surface area (TPSA) is 112 Å². The Kier molecular flexibility index (Phi) is 6.51. The Morgan fingerprint density at radius 1 is 1.21 bits per heavy atom. The number of nitrogens with one attached hydrogen (secondary N) is 1. The molecule has 8 nitrogen and oxygen atoms in total. The summed E-state index contributed by atoms with van der Waals surface area (Å²) in [6.45, 7) is 1.32. The van der Waals surface area contributed by atoms with E-state index in [1.165, 1.54) is 24.4 Å². The molecule has 1 aromatic carbocycles. The number of rotatable bonds is 8. The van der Waals surface area contributed by atoms with Crippen molar-refractivity contribution in [2.75, 3.05) is 18.5 Å². The van der Waals surface area contributed by atoms with Gasteiger partial charge in [-0.15, -0.1) is 11.8 Å². The van der Waals surface area contributed by atoms with Crippen LogP contribution in [0.5, 0.6) is 0 Å². The Bertz CT molecular complexity index is 1210. The molecule has 0 bridgehead atoms. The average Bonchev–Trinajstić information content (AvgIpc) is 3.55. The van der Waals surface area contributed by atoms with Gasteiger partial charge in [0.2, 0.25) is 11.8 Å². The molecule has 3 N–H and O–H groups in total. The minimum absolute atomic E-state index is 0.256. The maximum absolute atomic E-state index is 14.6. The zero-order valence-electron chi connectivity index (χ0n) is 18.6. The lowest BCUT2D eigenvalue weighted by Gasteiger charge is -2.26. The molecule has 10 heteroatoms. The Balaban J connectivity index is 1.46. The van der Waals surface area contributed by atoms with E-state index in [1.54, 1.807) is 28.7 Å². The molecular weight excluding hydrogens is 457 g/mol. The SMILES string of the molecule is NC(=O)c1ccc(NC(=O)C(CC2CCOCC2)n2ncc3c(SC4CC4)cc(F)cc32)nc1. The van der Waals surface area contributed by atoms with E-state index in [1.807, 2.05) is 0 Å². The molecule has 0 radical (unpaired) electrons. The second kappa shape index (κ2) is 9.71. The molecule has 1 saturated carbocycles. The van der Waals surface area contributed by atoms with Gasteiger partial charge in [-0.1, -0.05) is 0 Å². The van der Waals surface area contributed by atoms with E-state index < -0.39 is 11.9 Å². The third kappa shape index (κ3) is 5.07. The first-order valence-corrected chi connectivity index (χ1v) is 12.3. The van der Waals surface area contributed by atoms with Crippen molar-refractivity contribution < 1.29 is 18.7 Å². The first-order valence-electron chi connectivity index (χ1n) is 11.5. The van der Waals surface area contributed by atoms with E-state index >= 15 is 0 Å². The smallest absolute Gasteiger partial charge is 0.250 e. The number of fused-ring (bicyclic) bond motifs is 1. The van der Waals surface area contributed by atoms with E-state index in [0.717, 1.165) is 36.0 Å². The molecule has 1 atom stereocenters. The van der Waals surface area contributed by atoms with Crippen molar-refractivity contribution in [3.63, 3.8) is 0 Å². The van der Waals surface area contributed by atoms with Crippen LogP contribution in [-0.2, 0) is 9.53 Å². The second-order valence-electron chi connectivity index (χ2n) is 8.84. The van der Waals surface area contributed by atoms with Gasteiger partial charge in [0, 0.05) is 34.9 Å². The largest absolute Gasteiger partial charge is 0.381 e. The van der Waals surface area contributed by atoms with Crippen LogP contribution < -0.4 is 11.1 Å². The van der Waals surface area contributed by atoms with Gasteiger partial charge in [0.15, 0.2) is 0 Å². The van der Waals surface area contributed by atoms with Crippen molar-refractivity contribution in [1.29, 1.82) is 0 Å². The molecule has 2 fully saturated rings. The minimum Gasteiger partial charge on any atom is -0.381 e. The number of amides is 2. The van der Waals surface area contributed by atoms with Crippen LogP contribution >= 0.6 is 11.8 Å². The van der Waals surface area contributed by atoms with Gasteiger partial charge >= 0.3 is 0 Å². The van der Waals surface area contributed by atoms with E-state index in [9.17, 15) is 14.0 Å². The molecule has 3 heterocycles. The maximum atomic E-state index is 14.6. The highest BCUT2D eigenvalue weighted by molar-refractivity contribution is 8.00. The summed E-state index contributed by atoms with van der Waals surface area (Å²) in [7, 11) is 0. The van der Waals surface area contributed by atoms with Crippen molar-refractivity contribution >= 4 is 40.3 Å². The number of benzene rings is 1. The van der Waals surface area contributed by atoms with Gasteiger partial charge in [-0.25, -0.2) is 9.37 Å². The molecule has 178 valence electrons. The summed E-state index contributed by atoms with van der Waals surface area (Å²) in [6.07, 6.45) is 7.57. The number of carbonyl (C=O) groups excluding carboxylic acids is 2. The number of carbonyl (C=O) groups is 2. The first-order chi connectivity index (χ1) is 16.5. The predicted octanol–water partition coefficient (Wildman–Crippen LogP) is 3.92. The highest BCUT2D eigenvalue weighted by Crippen LogP contribution is 2.42. The Labute approximate surface area is 200 Å². The summed E-state index contributed by atoms with van der Waals surface area (Å²) in [5.74, 6) is -0.641. The normalized spacial score (nSPS) is 17.6. The Morgan fingerprint density at radius 2 is 2.00 bits per heavy atom. The number of primary amides is 1. The van der Waals surface area contributed by atoms with Crippen molar-refractivity contribution in [3.8, 4) is 0 Å². The van der Waals surface area contributed by atoms with E-state index in [4.69, 9.17) is 10.5 Å². The zero-order valence-corrected chi connectivity index (χ0v) is 19.4. The lowest BCUT2D eigenvalue weighted by atomic mass is 9.92. The monoisotopic (exact) mass is 483 g/mol. The number of nitrogens with zero attached hydrogens (tertiary/aromatic N) is 3. The molecule has 1 aliphatic heterocycles. The summed E-state index contributed by atoms with van der Waals surface area (Å²) in [6, 6.07) is 5.39. The van der Waals surface area contributed by atoms with Crippen molar-refractivity contribution in [3.05, 3.63) is 48.0 Å². The number of pyridine rings is 1. The molecule has 0 spiro atoms. The number of ether oxygens (including phenoxy) is 1. The fourth-order valence-corrected chi connectivity index (χ4v) is 5.43. The number of thioether (sulfide) groups is 1. The number of hydrogen-bond donors (Lipinski definition) is 2. The molecule has 2 aromatic heterocycles. The van der Waals surface area contributed by atoms with E-state index in [0.29, 0.717) is 36.2 Å². The van der Waals surface area contributed by atoms with Crippen molar-refractivity contribution in [2.24, 2.45) is 11.7 Å². The molecule has 1 saturated heterocycles. The van der Waals surface area contributed by atoms with E-state index in [2.05, 4.69) is 15.4 Å². The second-order valence-corrected chi connectivity index (χ2v) is 10.2. The zero-order chi connectivity index (χ0) is 23.7. The number of nitrogens with two attached hydrogens (primary N) is 1. The van der Waals surface area contributed by atoms with Gasteiger partial charge in [-0.2, -0.15) is 5.10 Å². The lowest BCUT2D eigenvalue weighted by molar-refractivity contribution is -0.120. The number of hydrogen-bond acceptors (Lipinski definition) is 6. The van der Waals surface area contributed by atoms with Crippen molar-refractivity contribution in [1.82, 2.24) is 14.8 Å². The fraction of sp³-hybridized carbons (Fsp3) is 0.417. The Morgan fingerprint density at radius 3 is 2.68 bits per heavy atom. The summed E-state index contributed by atoms with van der Waals surface area (Å²) in [4.78, 5) is 29.8. The quantitative estimate of drug-likeness (QED) is 0.502.